The molecule has 0 bridgehead atoms. The normalized spacial score (nSPS) is 14.1. The molecule has 1 fully saturated rings. The third-order valence-electron chi connectivity index (χ3n) is 4.49. The summed E-state index contributed by atoms with van der Waals surface area (Å²) in [5, 5.41) is 8.23. The Morgan fingerprint density at radius 2 is 1.86 bits per heavy atom. The number of nitrogens with one attached hydrogen (secondary N) is 2. The summed E-state index contributed by atoms with van der Waals surface area (Å²) in [6.45, 7) is 1.74. The predicted octanol–water partition coefficient (Wildman–Crippen LogP) is 2.92. The molecule has 8 nitrogen and oxygen atoms in total. The summed E-state index contributed by atoms with van der Waals surface area (Å²) in [6.07, 6.45) is 4.13. The minimum atomic E-state index is -0.267. The number of nitrogens with zero attached hydrogens (tertiary/aromatic N) is 3. The van der Waals surface area contributed by atoms with Crippen LogP contribution in [0.3, 0.4) is 0 Å². The number of thiazole rings is 2. The molecule has 3 rings (SSSR count). The molecule has 1 saturated carbocycles. The SMILES string of the molecule is Cc1nc(NC(=O)Cc2csc(NC(=O)C3CCCC3)n2)sc1C(=O)N(C)C. The zero-order chi connectivity index (χ0) is 20.3. The summed E-state index contributed by atoms with van der Waals surface area (Å²) in [5.74, 6) is -0.323. The van der Waals surface area contributed by atoms with Gasteiger partial charge in [0.25, 0.3) is 5.91 Å². The van der Waals surface area contributed by atoms with Crippen molar-refractivity contribution in [3.8, 4) is 0 Å². The molecule has 0 saturated heterocycles. The van der Waals surface area contributed by atoms with Crippen LogP contribution in [0.25, 0.3) is 0 Å². The fourth-order valence-corrected chi connectivity index (χ4v) is 4.74. The monoisotopic (exact) mass is 421 g/mol. The van der Waals surface area contributed by atoms with Crippen LogP contribution < -0.4 is 10.6 Å². The van der Waals surface area contributed by atoms with E-state index in [2.05, 4.69) is 20.6 Å². The third kappa shape index (κ3) is 4.93. The first-order valence-electron chi connectivity index (χ1n) is 9.07. The van der Waals surface area contributed by atoms with E-state index < -0.39 is 0 Å². The molecule has 2 aromatic rings. The molecule has 0 atom stereocenters. The lowest BCUT2D eigenvalue weighted by Gasteiger charge is -2.07. The summed E-state index contributed by atoms with van der Waals surface area (Å²) in [4.78, 5) is 47.1. The van der Waals surface area contributed by atoms with Gasteiger partial charge in [-0.05, 0) is 19.8 Å². The van der Waals surface area contributed by atoms with E-state index in [0.29, 0.717) is 26.5 Å². The van der Waals surface area contributed by atoms with Gasteiger partial charge < -0.3 is 15.5 Å². The van der Waals surface area contributed by atoms with Crippen LogP contribution in [0.5, 0.6) is 0 Å². The van der Waals surface area contributed by atoms with Crippen molar-refractivity contribution in [2.75, 3.05) is 24.7 Å². The van der Waals surface area contributed by atoms with E-state index >= 15 is 0 Å². The van der Waals surface area contributed by atoms with Gasteiger partial charge in [-0.1, -0.05) is 24.2 Å². The van der Waals surface area contributed by atoms with E-state index in [4.69, 9.17) is 0 Å². The van der Waals surface area contributed by atoms with Gasteiger partial charge in [0.15, 0.2) is 10.3 Å². The van der Waals surface area contributed by atoms with Gasteiger partial charge in [0.2, 0.25) is 11.8 Å². The Hall–Kier alpha value is -2.33. The van der Waals surface area contributed by atoms with E-state index in [1.165, 1.54) is 16.2 Å². The van der Waals surface area contributed by atoms with Crippen molar-refractivity contribution >= 4 is 50.7 Å². The van der Waals surface area contributed by atoms with E-state index in [0.717, 1.165) is 37.0 Å². The minimum absolute atomic E-state index is 0.0131. The number of anilines is 2. The average Bonchev–Trinajstić information content (AvgIpc) is 3.36. The van der Waals surface area contributed by atoms with Crippen LogP contribution in [0.15, 0.2) is 5.38 Å². The maximum Gasteiger partial charge on any atom is 0.265 e. The number of carbonyl (C=O) groups is 3. The van der Waals surface area contributed by atoms with Crippen LogP contribution in [-0.2, 0) is 16.0 Å². The lowest BCUT2D eigenvalue weighted by molar-refractivity contribution is -0.119. The molecule has 10 heteroatoms. The van der Waals surface area contributed by atoms with Crippen LogP contribution in [0.2, 0.25) is 0 Å². The van der Waals surface area contributed by atoms with Gasteiger partial charge in [-0.15, -0.1) is 11.3 Å². The van der Waals surface area contributed by atoms with Crippen LogP contribution in [0.4, 0.5) is 10.3 Å². The topological polar surface area (TPSA) is 104 Å². The van der Waals surface area contributed by atoms with Crippen molar-refractivity contribution in [2.24, 2.45) is 5.92 Å². The summed E-state index contributed by atoms with van der Waals surface area (Å²) in [5.41, 5.74) is 1.17. The zero-order valence-corrected chi connectivity index (χ0v) is 17.7. The van der Waals surface area contributed by atoms with Crippen molar-refractivity contribution < 1.29 is 14.4 Å². The largest absolute Gasteiger partial charge is 0.344 e. The number of carbonyl (C=O) groups excluding carboxylic acids is 3. The summed E-state index contributed by atoms with van der Waals surface area (Å²) in [7, 11) is 3.34. The molecular formula is C18H23N5O3S2. The highest BCUT2D eigenvalue weighted by Crippen LogP contribution is 2.27. The number of hydrogen-bond donors (Lipinski definition) is 2. The van der Waals surface area contributed by atoms with E-state index in [9.17, 15) is 14.4 Å². The molecule has 1 aliphatic rings. The van der Waals surface area contributed by atoms with Gasteiger partial charge in [-0.3, -0.25) is 14.4 Å². The van der Waals surface area contributed by atoms with Crippen molar-refractivity contribution in [1.82, 2.24) is 14.9 Å². The van der Waals surface area contributed by atoms with Gasteiger partial charge in [-0.25, -0.2) is 9.97 Å². The maximum absolute atomic E-state index is 12.3. The Bertz CT molecular complexity index is 884. The first kappa shape index (κ1) is 20.4. The summed E-state index contributed by atoms with van der Waals surface area (Å²) in [6, 6.07) is 0. The van der Waals surface area contributed by atoms with Gasteiger partial charge in [0, 0.05) is 25.4 Å². The number of amides is 3. The summed E-state index contributed by atoms with van der Waals surface area (Å²) < 4.78 is 0. The van der Waals surface area contributed by atoms with Crippen molar-refractivity contribution in [2.45, 2.75) is 39.0 Å². The minimum Gasteiger partial charge on any atom is -0.344 e. The third-order valence-corrected chi connectivity index (χ3v) is 6.36. The molecule has 0 aliphatic heterocycles. The molecule has 1 aliphatic carbocycles. The molecular weight excluding hydrogens is 398 g/mol. The van der Waals surface area contributed by atoms with E-state index in [1.54, 1.807) is 26.4 Å². The molecule has 3 amide bonds. The van der Waals surface area contributed by atoms with Gasteiger partial charge in [0.05, 0.1) is 17.8 Å². The first-order chi connectivity index (χ1) is 13.3. The van der Waals surface area contributed by atoms with Crippen LogP contribution in [-0.4, -0.2) is 46.7 Å². The standard InChI is InChI=1S/C18H23N5O3S2/c1-10-14(16(26)23(2)3)28-18(19-10)21-13(24)8-12-9-27-17(20-12)22-15(25)11-6-4-5-7-11/h9,11H,4-8H2,1-3H3,(H,19,21,24)(H,20,22,25). The van der Waals surface area contributed by atoms with Crippen molar-refractivity contribution in [3.05, 3.63) is 21.6 Å². The molecule has 0 unspecified atom stereocenters. The number of aromatic nitrogens is 2. The second-order valence-corrected chi connectivity index (χ2v) is 8.83. The molecule has 2 N–H and O–H groups in total. The molecule has 0 aromatic carbocycles. The van der Waals surface area contributed by atoms with E-state index in [-0.39, 0.29) is 30.1 Å². The Balaban J connectivity index is 1.55. The lowest BCUT2D eigenvalue weighted by Crippen LogP contribution is -2.21. The van der Waals surface area contributed by atoms with E-state index in [1.807, 2.05) is 0 Å². The van der Waals surface area contributed by atoms with Crippen molar-refractivity contribution in [3.63, 3.8) is 0 Å². The summed E-state index contributed by atoms with van der Waals surface area (Å²) >= 11 is 2.47. The van der Waals surface area contributed by atoms with Gasteiger partial charge in [0.1, 0.15) is 4.88 Å². The molecule has 2 heterocycles. The van der Waals surface area contributed by atoms with Gasteiger partial charge >= 0.3 is 0 Å². The Kier molecular flexibility index (Phi) is 6.40. The Morgan fingerprint density at radius 1 is 1.14 bits per heavy atom. The Labute approximate surface area is 171 Å². The highest BCUT2D eigenvalue weighted by molar-refractivity contribution is 7.17. The van der Waals surface area contributed by atoms with Crippen LogP contribution in [0, 0.1) is 12.8 Å². The highest BCUT2D eigenvalue weighted by Gasteiger charge is 2.23. The average molecular weight is 422 g/mol. The fraction of sp³-hybridized carbons (Fsp3) is 0.500. The number of hydrogen-bond acceptors (Lipinski definition) is 7. The molecule has 150 valence electrons. The van der Waals surface area contributed by atoms with Crippen molar-refractivity contribution in [1.29, 1.82) is 0 Å². The van der Waals surface area contributed by atoms with Crippen LogP contribution >= 0.6 is 22.7 Å². The molecule has 0 radical (unpaired) electrons. The zero-order valence-electron chi connectivity index (χ0n) is 16.1. The predicted molar refractivity (Wildman–Crippen MR) is 110 cm³/mol. The molecule has 28 heavy (non-hydrogen) atoms. The fourth-order valence-electron chi connectivity index (χ4n) is 3.02. The highest BCUT2D eigenvalue weighted by atomic mass is 32.1. The van der Waals surface area contributed by atoms with Gasteiger partial charge in [-0.2, -0.15) is 0 Å². The lowest BCUT2D eigenvalue weighted by atomic mass is 10.1. The van der Waals surface area contributed by atoms with Crippen LogP contribution in [0.1, 0.15) is 46.7 Å². The Morgan fingerprint density at radius 3 is 2.54 bits per heavy atom. The smallest absolute Gasteiger partial charge is 0.265 e. The number of rotatable bonds is 6. The maximum atomic E-state index is 12.3. The molecule has 2 aromatic heterocycles. The second kappa shape index (κ2) is 8.78. The first-order valence-corrected chi connectivity index (χ1v) is 10.8. The second-order valence-electron chi connectivity index (χ2n) is 6.97. The quantitative estimate of drug-likeness (QED) is 0.746. The number of aryl methyl sites for hydroxylation is 1. The molecule has 0 spiro atoms.